The first-order chi connectivity index (χ1) is 7.77. The summed E-state index contributed by atoms with van der Waals surface area (Å²) in [5.41, 5.74) is 10.2. The number of hydrazone groups is 1. The zero-order valence-electron chi connectivity index (χ0n) is 9.65. The lowest BCUT2D eigenvalue weighted by Gasteiger charge is -2.05. The molecule has 0 heterocycles. The molecule has 0 bridgehead atoms. The minimum absolute atomic E-state index is 0.597. The van der Waals surface area contributed by atoms with Crippen LogP contribution in [-0.4, -0.2) is 19.9 Å². The minimum atomic E-state index is 0.597. The third-order valence-electron chi connectivity index (χ3n) is 1.86. The van der Waals surface area contributed by atoms with Gasteiger partial charge in [0.1, 0.15) is 0 Å². The lowest BCUT2D eigenvalue weighted by Crippen LogP contribution is -2.28. The second kappa shape index (κ2) is 6.52. The molecule has 0 saturated carbocycles. The van der Waals surface area contributed by atoms with E-state index in [1.165, 1.54) is 5.56 Å². The molecule has 0 aromatic heterocycles. The van der Waals surface area contributed by atoms with E-state index in [2.05, 4.69) is 31.8 Å². The van der Waals surface area contributed by atoms with E-state index < -0.39 is 0 Å². The summed E-state index contributed by atoms with van der Waals surface area (Å²) < 4.78 is 0. The van der Waals surface area contributed by atoms with E-state index in [1.54, 1.807) is 14.1 Å². The Morgan fingerprint density at radius 1 is 1.19 bits per heavy atom. The van der Waals surface area contributed by atoms with Crippen molar-refractivity contribution in [2.24, 2.45) is 15.4 Å². The van der Waals surface area contributed by atoms with Crippen LogP contribution in [0.5, 0.6) is 0 Å². The van der Waals surface area contributed by atoms with Gasteiger partial charge in [0, 0.05) is 12.6 Å². The van der Waals surface area contributed by atoms with Crippen LogP contribution in [0.4, 0.5) is 0 Å². The van der Waals surface area contributed by atoms with Crippen LogP contribution in [0.1, 0.15) is 11.1 Å². The van der Waals surface area contributed by atoms with Gasteiger partial charge in [0.2, 0.25) is 0 Å². The van der Waals surface area contributed by atoms with E-state index >= 15 is 0 Å². The van der Waals surface area contributed by atoms with Crippen LogP contribution < -0.4 is 16.4 Å². The number of aryl methyl sites for hydroxylation is 1. The Labute approximate surface area is 94.8 Å². The standard InChI is InChI=1S/C10H16N6/c1-8-4-6-9(7-5-8)10(13-15-11-2)14-16-12-3/h4-7,11,15H,1-3H3,(H,12,13,14). The first-order valence-electron chi connectivity index (χ1n) is 4.89. The van der Waals surface area contributed by atoms with E-state index in [0.29, 0.717) is 5.84 Å². The Kier molecular flexibility index (Phi) is 4.94. The summed E-state index contributed by atoms with van der Waals surface area (Å²) in [6, 6.07) is 7.94. The lowest BCUT2D eigenvalue weighted by molar-refractivity contribution is 0.627. The maximum Gasteiger partial charge on any atom is 0.176 e. The van der Waals surface area contributed by atoms with Crippen LogP contribution in [0, 0.1) is 6.92 Å². The molecule has 86 valence electrons. The second-order valence-corrected chi connectivity index (χ2v) is 3.10. The van der Waals surface area contributed by atoms with Crippen molar-refractivity contribution >= 4 is 5.84 Å². The van der Waals surface area contributed by atoms with Crippen molar-refractivity contribution in [2.75, 3.05) is 14.1 Å². The smallest absolute Gasteiger partial charge is 0.176 e. The normalized spacial score (nSPS) is 11.8. The number of hydrazine groups is 1. The lowest BCUT2D eigenvalue weighted by atomic mass is 10.1. The van der Waals surface area contributed by atoms with Crippen molar-refractivity contribution in [1.82, 2.24) is 16.4 Å². The number of nitrogens with one attached hydrogen (secondary N) is 3. The Hall–Kier alpha value is -1.95. The third kappa shape index (κ3) is 3.66. The number of rotatable bonds is 4. The van der Waals surface area contributed by atoms with Gasteiger partial charge in [0.15, 0.2) is 5.84 Å². The summed E-state index contributed by atoms with van der Waals surface area (Å²) in [5, 5.41) is 11.4. The highest BCUT2D eigenvalue weighted by Crippen LogP contribution is 2.03. The molecule has 6 nitrogen and oxygen atoms in total. The van der Waals surface area contributed by atoms with Crippen LogP contribution >= 0.6 is 0 Å². The van der Waals surface area contributed by atoms with Crippen molar-refractivity contribution in [3.8, 4) is 0 Å². The monoisotopic (exact) mass is 220 g/mol. The van der Waals surface area contributed by atoms with Gasteiger partial charge in [-0.15, -0.1) is 5.10 Å². The van der Waals surface area contributed by atoms with Gasteiger partial charge in [0.25, 0.3) is 0 Å². The molecule has 0 fully saturated rings. The fourth-order valence-corrected chi connectivity index (χ4v) is 1.07. The molecular formula is C10H16N6. The minimum Gasteiger partial charge on any atom is -0.241 e. The SMILES string of the molecule is CN=NNC(=NNNC)c1ccc(C)cc1. The molecule has 0 aliphatic carbocycles. The molecule has 16 heavy (non-hydrogen) atoms. The number of nitrogens with zero attached hydrogens (tertiary/aromatic N) is 3. The molecule has 0 amide bonds. The maximum absolute atomic E-state index is 4.07. The van der Waals surface area contributed by atoms with Crippen molar-refractivity contribution in [1.29, 1.82) is 0 Å². The fourth-order valence-electron chi connectivity index (χ4n) is 1.07. The number of hydrogen-bond acceptors (Lipinski definition) is 5. The molecule has 1 aromatic rings. The largest absolute Gasteiger partial charge is 0.241 e. The van der Waals surface area contributed by atoms with E-state index in [1.807, 2.05) is 31.2 Å². The third-order valence-corrected chi connectivity index (χ3v) is 1.86. The average Bonchev–Trinajstić information content (AvgIpc) is 2.31. The molecule has 0 unspecified atom stereocenters. The molecule has 0 atom stereocenters. The van der Waals surface area contributed by atoms with Crippen molar-refractivity contribution in [3.05, 3.63) is 35.4 Å². The Bertz CT molecular complexity index is 367. The topological polar surface area (TPSA) is 73.2 Å². The van der Waals surface area contributed by atoms with Gasteiger partial charge in [-0.3, -0.25) is 0 Å². The Balaban J connectivity index is 2.87. The van der Waals surface area contributed by atoms with E-state index in [4.69, 9.17) is 0 Å². The molecule has 1 aromatic carbocycles. The zero-order valence-corrected chi connectivity index (χ0v) is 9.65. The van der Waals surface area contributed by atoms with Crippen LogP contribution in [0.25, 0.3) is 0 Å². The van der Waals surface area contributed by atoms with Crippen LogP contribution in [0.3, 0.4) is 0 Å². The average molecular weight is 220 g/mol. The van der Waals surface area contributed by atoms with Gasteiger partial charge in [-0.2, -0.15) is 5.11 Å². The second-order valence-electron chi connectivity index (χ2n) is 3.10. The molecule has 0 aliphatic heterocycles. The summed E-state index contributed by atoms with van der Waals surface area (Å²) in [5.74, 6) is 0.597. The van der Waals surface area contributed by atoms with Crippen LogP contribution in [0.15, 0.2) is 39.7 Å². The molecule has 0 radical (unpaired) electrons. The first-order valence-corrected chi connectivity index (χ1v) is 4.89. The van der Waals surface area contributed by atoms with Gasteiger partial charge >= 0.3 is 0 Å². The summed E-state index contributed by atoms with van der Waals surface area (Å²) in [6.45, 7) is 2.03. The highest BCUT2D eigenvalue weighted by Gasteiger charge is 2.01. The number of hydrogen-bond donors (Lipinski definition) is 3. The summed E-state index contributed by atoms with van der Waals surface area (Å²) in [4.78, 5) is 0. The molecule has 6 heteroatoms. The van der Waals surface area contributed by atoms with E-state index in [9.17, 15) is 0 Å². The van der Waals surface area contributed by atoms with Crippen LogP contribution in [0.2, 0.25) is 0 Å². The number of amidine groups is 1. The molecule has 1 rings (SSSR count). The van der Waals surface area contributed by atoms with Crippen molar-refractivity contribution < 1.29 is 0 Å². The predicted molar refractivity (Wildman–Crippen MR) is 63.8 cm³/mol. The molecular weight excluding hydrogens is 204 g/mol. The van der Waals surface area contributed by atoms with Gasteiger partial charge in [-0.05, 0) is 6.92 Å². The zero-order chi connectivity index (χ0) is 11.8. The number of benzene rings is 1. The summed E-state index contributed by atoms with van der Waals surface area (Å²) in [6.07, 6.45) is 0. The fraction of sp³-hybridized carbons (Fsp3) is 0.300. The first kappa shape index (κ1) is 12.1. The predicted octanol–water partition coefficient (Wildman–Crippen LogP) is 0.967. The molecule has 0 aliphatic rings. The highest BCUT2D eigenvalue weighted by atomic mass is 15.6. The quantitative estimate of drug-likeness (QED) is 0.306. The maximum atomic E-state index is 4.07. The highest BCUT2D eigenvalue weighted by molar-refractivity contribution is 5.98. The van der Waals surface area contributed by atoms with Gasteiger partial charge in [0.05, 0.1) is 7.05 Å². The van der Waals surface area contributed by atoms with E-state index in [0.717, 1.165) is 5.56 Å². The molecule has 0 saturated heterocycles. The van der Waals surface area contributed by atoms with Gasteiger partial charge in [-0.1, -0.05) is 35.1 Å². The van der Waals surface area contributed by atoms with Crippen molar-refractivity contribution in [3.63, 3.8) is 0 Å². The van der Waals surface area contributed by atoms with Gasteiger partial charge < -0.3 is 0 Å². The van der Waals surface area contributed by atoms with E-state index in [-0.39, 0.29) is 0 Å². The molecule has 3 N–H and O–H groups in total. The Morgan fingerprint density at radius 2 is 1.88 bits per heavy atom. The molecule has 0 spiro atoms. The van der Waals surface area contributed by atoms with Gasteiger partial charge in [-0.25, -0.2) is 16.4 Å². The Morgan fingerprint density at radius 3 is 2.44 bits per heavy atom. The van der Waals surface area contributed by atoms with Crippen LogP contribution in [-0.2, 0) is 0 Å². The summed E-state index contributed by atoms with van der Waals surface area (Å²) in [7, 11) is 3.32. The summed E-state index contributed by atoms with van der Waals surface area (Å²) >= 11 is 0. The van der Waals surface area contributed by atoms with Crippen molar-refractivity contribution in [2.45, 2.75) is 6.92 Å².